The molecule has 1 aliphatic heterocycles. The van der Waals surface area contributed by atoms with Crippen molar-refractivity contribution in [3.8, 4) is 0 Å². The number of aromatic nitrogens is 2. The van der Waals surface area contributed by atoms with Gasteiger partial charge < -0.3 is 19.7 Å². The van der Waals surface area contributed by atoms with Crippen molar-refractivity contribution in [2.24, 2.45) is 11.8 Å². The molecule has 0 amide bonds. The lowest BCUT2D eigenvalue weighted by atomic mass is 10.1. The number of aromatic carboxylic acids is 1. The number of aliphatic hydroxyl groups is 1. The summed E-state index contributed by atoms with van der Waals surface area (Å²) in [5.74, 6) is 0.703. The van der Waals surface area contributed by atoms with Gasteiger partial charge in [0.15, 0.2) is 5.69 Å². The summed E-state index contributed by atoms with van der Waals surface area (Å²) in [6.07, 6.45) is 4.38. The van der Waals surface area contributed by atoms with E-state index in [0.717, 1.165) is 36.1 Å². The third-order valence-corrected chi connectivity index (χ3v) is 4.91. The summed E-state index contributed by atoms with van der Waals surface area (Å²) in [4.78, 5) is 17.1. The lowest BCUT2D eigenvalue weighted by molar-refractivity contribution is 0.0691. The number of imidazole rings is 1. The monoisotopic (exact) mass is 313 g/mol. The Morgan fingerprint density at radius 3 is 2.70 bits per heavy atom. The van der Waals surface area contributed by atoms with Gasteiger partial charge in [0.25, 0.3) is 0 Å². The van der Waals surface area contributed by atoms with Crippen LogP contribution in [-0.2, 0) is 13.2 Å². The molecule has 0 bridgehead atoms. The number of aliphatic hydroxyl groups excluding tert-OH is 1. The summed E-state index contributed by atoms with van der Waals surface area (Å²) < 4.78 is 1.72. The van der Waals surface area contributed by atoms with Crippen molar-refractivity contribution in [3.05, 3.63) is 47.5 Å². The number of carbonyl (C=O) groups is 1. The van der Waals surface area contributed by atoms with Gasteiger partial charge in [-0.15, -0.1) is 0 Å². The Bertz CT molecular complexity index is 745. The Kier molecular flexibility index (Phi) is 3.34. The van der Waals surface area contributed by atoms with Gasteiger partial charge in [-0.3, -0.25) is 0 Å². The Labute approximate surface area is 134 Å². The minimum absolute atomic E-state index is 0.0235. The SMILES string of the molecule is O=C(O)c1cn(Cc2ccc(N3CC4CC4C3)cc2CO)cn1. The summed E-state index contributed by atoms with van der Waals surface area (Å²) in [7, 11) is 0. The number of anilines is 1. The van der Waals surface area contributed by atoms with Crippen LogP contribution in [0, 0.1) is 11.8 Å². The molecule has 120 valence electrons. The van der Waals surface area contributed by atoms with Crippen LogP contribution in [0.1, 0.15) is 28.0 Å². The fraction of sp³-hybridized carbons (Fsp3) is 0.412. The van der Waals surface area contributed by atoms with Crippen molar-refractivity contribution in [2.45, 2.75) is 19.6 Å². The van der Waals surface area contributed by atoms with E-state index in [2.05, 4.69) is 22.0 Å². The average Bonchev–Trinajstić information content (AvgIpc) is 2.97. The van der Waals surface area contributed by atoms with E-state index in [9.17, 15) is 9.90 Å². The molecular weight excluding hydrogens is 294 g/mol. The summed E-state index contributed by atoms with van der Waals surface area (Å²) >= 11 is 0. The molecular formula is C17H19N3O3. The molecule has 1 saturated carbocycles. The minimum atomic E-state index is -1.03. The molecule has 2 unspecified atom stereocenters. The highest BCUT2D eigenvalue weighted by atomic mass is 16.4. The maximum Gasteiger partial charge on any atom is 0.356 e. The quantitative estimate of drug-likeness (QED) is 0.876. The van der Waals surface area contributed by atoms with Crippen molar-refractivity contribution < 1.29 is 15.0 Å². The fourth-order valence-electron chi connectivity index (χ4n) is 3.47. The van der Waals surface area contributed by atoms with Gasteiger partial charge in [0.05, 0.1) is 12.9 Å². The lowest BCUT2D eigenvalue weighted by Gasteiger charge is -2.22. The van der Waals surface area contributed by atoms with Gasteiger partial charge in [-0.05, 0) is 41.5 Å². The van der Waals surface area contributed by atoms with E-state index < -0.39 is 5.97 Å². The molecule has 2 aromatic rings. The Morgan fingerprint density at radius 1 is 1.26 bits per heavy atom. The summed E-state index contributed by atoms with van der Waals surface area (Å²) in [5, 5.41) is 18.6. The van der Waals surface area contributed by atoms with Gasteiger partial charge >= 0.3 is 5.97 Å². The van der Waals surface area contributed by atoms with Gasteiger partial charge in [0, 0.05) is 31.5 Å². The van der Waals surface area contributed by atoms with E-state index in [4.69, 9.17) is 5.11 Å². The van der Waals surface area contributed by atoms with Crippen LogP contribution < -0.4 is 4.90 Å². The van der Waals surface area contributed by atoms with E-state index in [0.29, 0.717) is 6.54 Å². The van der Waals surface area contributed by atoms with Crippen LogP contribution in [0.3, 0.4) is 0 Å². The van der Waals surface area contributed by atoms with Gasteiger partial charge in [0.2, 0.25) is 0 Å². The molecule has 1 saturated heterocycles. The van der Waals surface area contributed by atoms with E-state index in [1.807, 2.05) is 6.07 Å². The second-order valence-corrected chi connectivity index (χ2v) is 6.51. The van der Waals surface area contributed by atoms with Crippen LogP contribution >= 0.6 is 0 Å². The normalized spacial score (nSPS) is 22.2. The number of fused-ring (bicyclic) bond motifs is 1. The van der Waals surface area contributed by atoms with Gasteiger partial charge in [0.1, 0.15) is 0 Å². The molecule has 23 heavy (non-hydrogen) atoms. The van der Waals surface area contributed by atoms with Crippen molar-refractivity contribution >= 4 is 11.7 Å². The second kappa shape index (κ2) is 5.38. The molecule has 2 atom stereocenters. The van der Waals surface area contributed by atoms with Crippen molar-refractivity contribution in [1.82, 2.24) is 9.55 Å². The van der Waals surface area contributed by atoms with Crippen molar-refractivity contribution in [2.75, 3.05) is 18.0 Å². The van der Waals surface area contributed by atoms with Gasteiger partial charge in [-0.2, -0.15) is 0 Å². The highest BCUT2D eigenvalue weighted by molar-refractivity contribution is 5.84. The third-order valence-electron chi connectivity index (χ3n) is 4.91. The largest absolute Gasteiger partial charge is 0.476 e. The summed E-state index contributed by atoms with van der Waals surface area (Å²) in [6, 6.07) is 6.16. The standard InChI is InChI=1S/C17H19N3O3/c21-9-14-4-15(20-6-12-3-13(12)7-20)2-1-11(14)5-19-8-16(17(22)23)18-10-19/h1-2,4,8,10,12-13,21H,3,5-7,9H2,(H,22,23). The molecule has 2 heterocycles. The molecule has 0 radical (unpaired) electrons. The molecule has 2 aliphatic rings. The third kappa shape index (κ3) is 2.70. The second-order valence-electron chi connectivity index (χ2n) is 6.51. The number of hydrogen-bond donors (Lipinski definition) is 2. The number of carboxylic acid groups (broad SMARTS) is 1. The van der Waals surface area contributed by atoms with Crippen molar-refractivity contribution in [3.63, 3.8) is 0 Å². The molecule has 2 N–H and O–H groups in total. The van der Waals surface area contributed by atoms with Crippen LogP contribution in [0.4, 0.5) is 5.69 Å². The molecule has 6 nitrogen and oxygen atoms in total. The topological polar surface area (TPSA) is 78.6 Å². The lowest BCUT2D eigenvalue weighted by Crippen LogP contribution is -2.22. The minimum Gasteiger partial charge on any atom is -0.476 e. The first-order valence-electron chi connectivity index (χ1n) is 7.86. The summed E-state index contributed by atoms with van der Waals surface area (Å²) in [5.41, 5.74) is 3.06. The smallest absolute Gasteiger partial charge is 0.356 e. The van der Waals surface area contributed by atoms with Crippen LogP contribution in [0.15, 0.2) is 30.7 Å². The highest BCUT2D eigenvalue weighted by Gasteiger charge is 2.45. The highest BCUT2D eigenvalue weighted by Crippen LogP contribution is 2.46. The molecule has 1 aromatic heterocycles. The zero-order valence-electron chi connectivity index (χ0n) is 12.7. The first kappa shape index (κ1) is 14.3. The zero-order chi connectivity index (χ0) is 16.0. The number of nitrogens with zero attached hydrogens (tertiary/aromatic N) is 3. The molecule has 4 rings (SSSR count). The number of piperidine rings is 1. The molecule has 6 heteroatoms. The first-order valence-corrected chi connectivity index (χ1v) is 7.86. The van der Waals surface area contributed by atoms with Crippen LogP contribution in [0.2, 0.25) is 0 Å². The predicted octanol–water partition coefficient (Wildman–Crippen LogP) is 1.58. The van der Waals surface area contributed by atoms with Crippen LogP contribution in [0.5, 0.6) is 0 Å². The molecule has 1 aliphatic carbocycles. The molecule has 1 aromatic carbocycles. The zero-order valence-corrected chi connectivity index (χ0v) is 12.7. The maximum absolute atomic E-state index is 10.9. The average molecular weight is 313 g/mol. The molecule has 0 spiro atoms. The maximum atomic E-state index is 10.9. The van der Waals surface area contributed by atoms with E-state index in [1.165, 1.54) is 24.6 Å². The van der Waals surface area contributed by atoms with E-state index in [-0.39, 0.29) is 12.3 Å². The molecule has 2 fully saturated rings. The van der Waals surface area contributed by atoms with E-state index >= 15 is 0 Å². The fourth-order valence-corrected chi connectivity index (χ4v) is 3.47. The summed E-state index contributed by atoms with van der Waals surface area (Å²) in [6.45, 7) is 2.73. The Morgan fingerprint density at radius 2 is 2.04 bits per heavy atom. The number of hydrogen-bond acceptors (Lipinski definition) is 4. The van der Waals surface area contributed by atoms with Crippen LogP contribution in [0.25, 0.3) is 0 Å². The van der Waals surface area contributed by atoms with Crippen LogP contribution in [-0.4, -0.2) is 38.8 Å². The Balaban J connectivity index is 1.54. The number of rotatable bonds is 5. The Hall–Kier alpha value is -2.34. The number of benzene rings is 1. The van der Waals surface area contributed by atoms with Gasteiger partial charge in [-0.25, -0.2) is 9.78 Å². The predicted molar refractivity (Wildman–Crippen MR) is 84.5 cm³/mol. The van der Waals surface area contributed by atoms with Gasteiger partial charge in [-0.1, -0.05) is 6.07 Å². The van der Waals surface area contributed by atoms with E-state index in [1.54, 1.807) is 4.57 Å². The number of carboxylic acids is 1. The van der Waals surface area contributed by atoms with Crippen molar-refractivity contribution in [1.29, 1.82) is 0 Å². The first-order chi connectivity index (χ1) is 11.1.